The van der Waals surface area contributed by atoms with Crippen LogP contribution >= 0.6 is 0 Å². The van der Waals surface area contributed by atoms with Gasteiger partial charge in [-0.3, -0.25) is 0 Å². The molecule has 0 heterocycles. The number of hydrogen-bond donors (Lipinski definition) is 1. The lowest BCUT2D eigenvalue weighted by Gasteiger charge is -2.22. The Morgan fingerprint density at radius 1 is 1.18 bits per heavy atom. The molecule has 17 heavy (non-hydrogen) atoms. The van der Waals surface area contributed by atoms with Gasteiger partial charge in [0.1, 0.15) is 0 Å². The van der Waals surface area contributed by atoms with Crippen LogP contribution in [0.25, 0.3) is 0 Å². The van der Waals surface area contributed by atoms with Crippen LogP contribution in [0.4, 0.5) is 5.69 Å². The first-order chi connectivity index (χ1) is 7.82. The zero-order valence-corrected chi connectivity index (χ0v) is 13.5. The van der Waals surface area contributed by atoms with Gasteiger partial charge >= 0.3 is 0 Å². The molecule has 0 atom stereocenters. The van der Waals surface area contributed by atoms with Crippen LogP contribution in [0.5, 0.6) is 0 Å². The molecule has 0 aliphatic rings. The van der Waals surface area contributed by atoms with E-state index in [0.717, 1.165) is 6.54 Å². The van der Waals surface area contributed by atoms with E-state index < -0.39 is 8.07 Å². The van der Waals surface area contributed by atoms with E-state index in [0.29, 0.717) is 0 Å². The van der Waals surface area contributed by atoms with Crippen LogP contribution in [0.2, 0.25) is 19.6 Å². The zero-order chi connectivity index (χ0) is 13.1. The Hall–Kier alpha value is -0.806. The first-order valence-corrected chi connectivity index (χ1v) is 10.0. The largest absolute Gasteiger partial charge is 0.381 e. The highest BCUT2D eigenvalue weighted by Crippen LogP contribution is 2.12. The maximum absolute atomic E-state index is 3.57. The summed E-state index contributed by atoms with van der Waals surface area (Å²) in [5.41, 5.74) is 2.63. The summed E-state index contributed by atoms with van der Waals surface area (Å²) in [6.07, 6.45) is 0. The minimum atomic E-state index is -1.27. The van der Waals surface area contributed by atoms with E-state index in [1.165, 1.54) is 21.6 Å². The average molecular weight is 261 g/mol. The van der Waals surface area contributed by atoms with E-state index in [2.05, 4.69) is 73.3 Å². The Kier molecular flexibility index (Phi) is 4.77. The minimum absolute atomic E-state index is 0.900. The summed E-state index contributed by atoms with van der Waals surface area (Å²) in [6.45, 7) is 12.3. The van der Waals surface area contributed by atoms with Gasteiger partial charge in [0.25, 0.3) is 0 Å². The van der Waals surface area contributed by atoms with Gasteiger partial charge in [-0.1, -0.05) is 48.6 Å². The Morgan fingerprint density at radius 2 is 1.76 bits per heavy atom. The van der Waals surface area contributed by atoms with Crippen LogP contribution in [0.1, 0.15) is 13.8 Å². The highest BCUT2D eigenvalue weighted by Gasteiger charge is 2.19. The summed E-state index contributed by atoms with van der Waals surface area (Å²) in [6, 6.07) is 8.68. The Bertz CT molecular complexity index is 412. The lowest BCUT2D eigenvalue weighted by Crippen LogP contribution is -2.39. The fourth-order valence-corrected chi connectivity index (χ4v) is 3.32. The van der Waals surface area contributed by atoms with Crippen LogP contribution in [0, 0.1) is 0 Å². The highest BCUT2D eigenvalue weighted by atomic mass is 28.3. The molecule has 1 N–H and O–H groups in total. The van der Waals surface area contributed by atoms with E-state index >= 15 is 0 Å². The van der Waals surface area contributed by atoms with Gasteiger partial charge in [-0.2, -0.15) is 0 Å². The van der Waals surface area contributed by atoms with Crippen LogP contribution in [-0.2, 0) is 0 Å². The van der Waals surface area contributed by atoms with Gasteiger partial charge in [-0.05, 0) is 25.1 Å². The lowest BCUT2D eigenvalue weighted by molar-refractivity contribution is 1.18. The van der Waals surface area contributed by atoms with E-state index in [-0.39, 0.29) is 0 Å². The molecule has 1 rings (SSSR count). The van der Waals surface area contributed by atoms with Gasteiger partial charge in [0.05, 0.1) is 18.3 Å². The van der Waals surface area contributed by atoms with Crippen LogP contribution in [0.15, 0.2) is 35.0 Å². The Balaban J connectivity index is 2.89. The first-order valence-electron chi connectivity index (χ1n) is 6.03. The molecule has 91 valence electrons. The second-order valence-electron chi connectivity index (χ2n) is 5.55. The lowest BCUT2D eigenvalue weighted by atomic mass is 10.2. The van der Waals surface area contributed by atoms with E-state index in [1.807, 2.05) is 0 Å². The van der Waals surface area contributed by atoms with Crippen LogP contribution in [-0.4, -0.2) is 24.9 Å². The fraction of sp³-hybridized carbons (Fsp3) is 0.429. The number of benzene rings is 1. The molecule has 1 aromatic rings. The monoisotopic (exact) mass is 260 g/mol. The summed E-state index contributed by atoms with van der Waals surface area (Å²) in [5.74, 6) is 0. The molecule has 3 heteroatoms. The van der Waals surface area contributed by atoms with Gasteiger partial charge in [-0.25, -0.2) is 0 Å². The average Bonchev–Trinajstić information content (AvgIpc) is 2.24. The summed E-state index contributed by atoms with van der Waals surface area (Å²) >= 11 is 0. The molecule has 0 fully saturated rings. The molecule has 0 unspecified atom stereocenters. The molecule has 0 aromatic heterocycles. The smallest absolute Gasteiger partial charge is 0.0803 e. The molecule has 0 aliphatic carbocycles. The van der Waals surface area contributed by atoms with Gasteiger partial charge in [-0.15, -0.1) is 0 Å². The zero-order valence-electron chi connectivity index (χ0n) is 11.5. The van der Waals surface area contributed by atoms with Crippen molar-refractivity contribution < 1.29 is 0 Å². The molecule has 1 nitrogen and oxygen atoms in total. The van der Waals surface area contributed by atoms with Crippen molar-refractivity contribution in [1.29, 1.82) is 0 Å². The van der Waals surface area contributed by atoms with Crippen molar-refractivity contribution in [3.8, 4) is 0 Å². The molecule has 3 radical (unpaired) electrons. The summed E-state index contributed by atoms with van der Waals surface area (Å²) in [4.78, 5) is 0. The molecule has 0 saturated heterocycles. The normalized spacial score (nSPS) is 13.3. The number of allylic oxidation sites excluding steroid dienone is 1. The predicted octanol–water partition coefficient (Wildman–Crippen LogP) is 3.11. The number of hydrogen-bond acceptors (Lipinski definition) is 1. The number of nitrogens with one attached hydrogen (secondary N) is 1. The van der Waals surface area contributed by atoms with Crippen molar-refractivity contribution in [2.75, 3.05) is 11.9 Å². The Morgan fingerprint density at radius 3 is 2.29 bits per heavy atom. The third-order valence-electron chi connectivity index (χ3n) is 2.92. The number of anilines is 1. The van der Waals surface area contributed by atoms with Crippen LogP contribution < -0.4 is 10.5 Å². The SMILES string of the molecule is CC([Si])=C(C)CNc1ccccc1[Si](C)(C)C. The second kappa shape index (κ2) is 5.69. The van der Waals surface area contributed by atoms with Crippen molar-refractivity contribution in [3.05, 3.63) is 35.0 Å². The van der Waals surface area contributed by atoms with E-state index in [9.17, 15) is 0 Å². The second-order valence-corrected chi connectivity index (χ2v) is 11.3. The first kappa shape index (κ1) is 14.3. The van der Waals surface area contributed by atoms with Crippen molar-refractivity contribution in [1.82, 2.24) is 0 Å². The van der Waals surface area contributed by atoms with Crippen molar-refractivity contribution >= 4 is 29.2 Å². The topological polar surface area (TPSA) is 12.0 Å². The fourth-order valence-electron chi connectivity index (χ4n) is 1.65. The molecular formula is C14H22NSi2. The summed E-state index contributed by atoms with van der Waals surface area (Å²) in [5, 5.41) is 6.26. The molecule has 0 aliphatic heterocycles. The summed E-state index contributed by atoms with van der Waals surface area (Å²) < 4.78 is 0. The number of para-hydroxylation sites is 1. The third-order valence-corrected chi connectivity index (χ3v) is 5.40. The van der Waals surface area contributed by atoms with Crippen molar-refractivity contribution in [2.24, 2.45) is 0 Å². The molecule has 0 amide bonds. The molecule has 0 saturated carbocycles. The third kappa shape index (κ3) is 4.17. The number of rotatable bonds is 4. The quantitative estimate of drug-likeness (QED) is 0.820. The predicted molar refractivity (Wildman–Crippen MR) is 82.0 cm³/mol. The summed E-state index contributed by atoms with van der Waals surface area (Å²) in [7, 11) is 2.30. The standard InChI is InChI=1S/C14H22NSi2/c1-11(12(2)16)10-15-13-8-6-7-9-14(13)17(3,4)5/h6-9,15H,10H2,1-5H3. The Labute approximate surface area is 110 Å². The van der Waals surface area contributed by atoms with E-state index in [1.54, 1.807) is 0 Å². The van der Waals surface area contributed by atoms with Gasteiger partial charge in [0, 0.05) is 12.2 Å². The van der Waals surface area contributed by atoms with Crippen molar-refractivity contribution in [2.45, 2.75) is 33.5 Å². The molecule has 1 aromatic carbocycles. The van der Waals surface area contributed by atoms with Crippen LogP contribution in [0.3, 0.4) is 0 Å². The maximum Gasteiger partial charge on any atom is 0.0803 e. The molecule has 0 spiro atoms. The molecule has 0 bridgehead atoms. The van der Waals surface area contributed by atoms with Gasteiger partial charge < -0.3 is 5.32 Å². The minimum Gasteiger partial charge on any atom is -0.381 e. The van der Waals surface area contributed by atoms with Gasteiger partial charge in [0.2, 0.25) is 0 Å². The van der Waals surface area contributed by atoms with Gasteiger partial charge in [0.15, 0.2) is 0 Å². The molecular weight excluding hydrogens is 238 g/mol. The van der Waals surface area contributed by atoms with E-state index in [4.69, 9.17) is 0 Å². The van der Waals surface area contributed by atoms with Crippen molar-refractivity contribution in [3.63, 3.8) is 0 Å². The maximum atomic E-state index is 3.57. The highest BCUT2D eigenvalue weighted by molar-refractivity contribution is 6.89.